The largest absolute Gasteiger partial charge is 0.389 e. The standard InChI is InChI=1S/C16H22N4O2/c1-16(2,22)11-19(3)15(21)17-13-10-20(4)18-14(13)12-8-6-5-7-9-12/h5-10,22H,11H2,1-4H3,(H,17,21). The van der Waals surface area contributed by atoms with Crippen molar-refractivity contribution >= 4 is 11.7 Å². The van der Waals surface area contributed by atoms with Crippen LogP contribution in [0.5, 0.6) is 0 Å². The number of urea groups is 1. The van der Waals surface area contributed by atoms with Crippen LogP contribution in [0.15, 0.2) is 36.5 Å². The van der Waals surface area contributed by atoms with E-state index in [-0.39, 0.29) is 12.6 Å². The summed E-state index contributed by atoms with van der Waals surface area (Å²) in [5.74, 6) is 0. The van der Waals surface area contributed by atoms with Crippen LogP contribution in [0, 0.1) is 0 Å². The SMILES string of the molecule is CN(CC(C)(C)O)C(=O)Nc1cn(C)nc1-c1ccccc1. The van der Waals surface area contributed by atoms with Gasteiger partial charge in [0, 0.05) is 25.9 Å². The van der Waals surface area contributed by atoms with Crippen molar-refractivity contribution in [3.63, 3.8) is 0 Å². The second-order valence-corrected chi connectivity index (χ2v) is 6.03. The van der Waals surface area contributed by atoms with Crippen molar-refractivity contribution in [3.05, 3.63) is 36.5 Å². The van der Waals surface area contributed by atoms with Crippen molar-refractivity contribution in [2.75, 3.05) is 18.9 Å². The van der Waals surface area contributed by atoms with E-state index < -0.39 is 5.60 Å². The van der Waals surface area contributed by atoms with Gasteiger partial charge in [0.1, 0.15) is 5.69 Å². The Kier molecular flexibility index (Phi) is 4.51. The summed E-state index contributed by atoms with van der Waals surface area (Å²) in [6.07, 6.45) is 1.76. The molecule has 0 spiro atoms. The van der Waals surface area contributed by atoms with Gasteiger partial charge in [0.2, 0.25) is 0 Å². The number of aliphatic hydroxyl groups is 1. The summed E-state index contributed by atoms with van der Waals surface area (Å²) in [5, 5.41) is 17.0. The van der Waals surface area contributed by atoms with Crippen molar-refractivity contribution in [1.29, 1.82) is 0 Å². The van der Waals surface area contributed by atoms with Gasteiger partial charge in [-0.1, -0.05) is 30.3 Å². The molecule has 0 fully saturated rings. The maximum absolute atomic E-state index is 12.2. The van der Waals surface area contributed by atoms with Gasteiger partial charge >= 0.3 is 6.03 Å². The molecule has 2 rings (SSSR count). The van der Waals surface area contributed by atoms with Crippen LogP contribution < -0.4 is 5.32 Å². The molecule has 118 valence electrons. The van der Waals surface area contributed by atoms with Crippen LogP contribution in [0.25, 0.3) is 11.3 Å². The summed E-state index contributed by atoms with van der Waals surface area (Å²) >= 11 is 0. The number of nitrogens with zero attached hydrogens (tertiary/aromatic N) is 3. The first-order chi connectivity index (χ1) is 10.3. The molecule has 6 nitrogen and oxygen atoms in total. The number of benzene rings is 1. The van der Waals surface area contributed by atoms with Gasteiger partial charge in [0.15, 0.2) is 0 Å². The number of hydrogen-bond acceptors (Lipinski definition) is 3. The van der Waals surface area contributed by atoms with Crippen LogP contribution in [0.1, 0.15) is 13.8 Å². The molecule has 0 aliphatic heterocycles. The van der Waals surface area contributed by atoms with Crippen LogP contribution in [0.3, 0.4) is 0 Å². The normalized spacial score (nSPS) is 11.3. The number of carbonyl (C=O) groups is 1. The molecule has 0 radical (unpaired) electrons. The maximum Gasteiger partial charge on any atom is 0.321 e. The van der Waals surface area contributed by atoms with E-state index in [0.29, 0.717) is 11.4 Å². The minimum atomic E-state index is -0.941. The van der Waals surface area contributed by atoms with Gasteiger partial charge in [-0.25, -0.2) is 4.79 Å². The number of hydrogen-bond donors (Lipinski definition) is 2. The van der Waals surface area contributed by atoms with E-state index in [1.165, 1.54) is 4.90 Å². The first-order valence-electron chi connectivity index (χ1n) is 7.10. The first kappa shape index (κ1) is 16.0. The zero-order valence-corrected chi connectivity index (χ0v) is 13.4. The van der Waals surface area contributed by atoms with Crippen LogP contribution in [0.4, 0.5) is 10.5 Å². The van der Waals surface area contributed by atoms with E-state index in [1.54, 1.807) is 31.8 Å². The number of carbonyl (C=O) groups excluding carboxylic acids is 1. The smallest absolute Gasteiger partial charge is 0.321 e. The highest BCUT2D eigenvalue weighted by molar-refractivity contribution is 5.93. The zero-order chi connectivity index (χ0) is 16.3. The molecule has 22 heavy (non-hydrogen) atoms. The Hall–Kier alpha value is -2.34. The number of amides is 2. The Bertz CT molecular complexity index is 644. The fourth-order valence-electron chi connectivity index (χ4n) is 2.25. The van der Waals surface area contributed by atoms with Crippen molar-refractivity contribution in [2.24, 2.45) is 7.05 Å². The molecule has 0 saturated carbocycles. The lowest BCUT2D eigenvalue weighted by atomic mass is 10.1. The molecular formula is C16H22N4O2. The lowest BCUT2D eigenvalue weighted by Gasteiger charge is -2.25. The average Bonchev–Trinajstić information content (AvgIpc) is 2.78. The van der Waals surface area contributed by atoms with E-state index in [1.807, 2.05) is 37.4 Å². The van der Waals surface area contributed by atoms with Crippen molar-refractivity contribution in [3.8, 4) is 11.3 Å². The number of likely N-dealkylation sites (N-methyl/N-ethyl adjacent to an activating group) is 1. The highest BCUT2D eigenvalue weighted by Gasteiger charge is 2.21. The molecule has 1 heterocycles. The molecule has 1 aromatic heterocycles. The Morgan fingerprint density at radius 1 is 1.36 bits per heavy atom. The van der Waals surface area contributed by atoms with Crippen LogP contribution in [0.2, 0.25) is 0 Å². The molecule has 0 aliphatic carbocycles. The highest BCUT2D eigenvalue weighted by Crippen LogP contribution is 2.26. The molecule has 0 aliphatic rings. The number of rotatable bonds is 4. The molecule has 0 atom stereocenters. The highest BCUT2D eigenvalue weighted by atomic mass is 16.3. The predicted molar refractivity (Wildman–Crippen MR) is 86.6 cm³/mol. The number of aromatic nitrogens is 2. The van der Waals surface area contributed by atoms with Crippen molar-refractivity contribution in [2.45, 2.75) is 19.4 Å². The van der Waals surface area contributed by atoms with Gasteiger partial charge in [-0.05, 0) is 13.8 Å². The van der Waals surface area contributed by atoms with Crippen LogP contribution >= 0.6 is 0 Å². The van der Waals surface area contributed by atoms with Crippen molar-refractivity contribution < 1.29 is 9.90 Å². The second kappa shape index (κ2) is 6.19. The Morgan fingerprint density at radius 2 is 2.00 bits per heavy atom. The van der Waals surface area contributed by atoms with Crippen LogP contribution in [-0.2, 0) is 7.05 Å². The summed E-state index contributed by atoms with van der Waals surface area (Å²) in [6.45, 7) is 3.56. The fourth-order valence-corrected chi connectivity index (χ4v) is 2.25. The molecule has 1 aromatic carbocycles. The summed E-state index contributed by atoms with van der Waals surface area (Å²) in [5.41, 5.74) is 1.35. The Labute approximate surface area is 130 Å². The second-order valence-electron chi connectivity index (χ2n) is 6.03. The summed E-state index contributed by atoms with van der Waals surface area (Å²) in [6, 6.07) is 9.39. The Balaban J connectivity index is 2.19. The molecule has 0 saturated heterocycles. The van der Waals surface area contributed by atoms with E-state index in [9.17, 15) is 9.90 Å². The molecule has 2 amide bonds. The van der Waals surface area contributed by atoms with Gasteiger partial charge < -0.3 is 15.3 Å². The lowest BCUT2D eigenvalue weighted by molar-refractivity contribution is 0.0550. The van der Waals surface area contributed by atoms with Gasteiger partial charge in [0.25, 0.3) is 0 Å². The van der Waals surface area contributed by atoms with Gasteiger partial charge in [-0.2, -0.15) is 5.10 Å². The number of anilines is 1. The van der Waals surface area contributed by atoms with Gasteiger partial charge in [0.05, 0.1) is 17.8 Å². The Morgan fingerprint density at radius 3 is 2.59 bits per heavy atom. The number of aryl methyl sites for hydroxylation is 1. The average molecular weight is 302 g/mol. The van der Waals surface area contributed by atoms with E-state index in [0.717, 1.165) is 5.56 Å². The maximum atomic E-state index is 12.2. The molecular weight excluding hydrogens is 280 g/mol. The zero-order valence-electron chi connectivity index (χ0n) is 13.4. The van der Waals surface area contributed by atoms with Crippen molar-refractivity contribution in [1.82, 2.24) is 14.7 Å². The third-order valence-corrected chi connectivity index (χ3v) is 3.09. The van der Waals surface area contributed by atoms with Gasteiger partial charge in [-0.15, -0.1) is 0 Å². The summed E-state index contributed by atoms with van der Waals surface area (Å²) < 4.78 is 1.66. The molecule has 2 N–H and O–H groups in total. The summed E-state index contributed by atoms with van der Waals surface area (Å²) in [7, 11) is 3.45. The van der Waals surface area contributed by atoms with Crippen LogP contribution in [-0.4, -0.2) is 45.0 Å². The third kappa shape index (κ3) is 4.08. The first-order valence-corrected chi connectivity index (χ1v) is 7.10. The van der Waals surface area contributed by atoms with E-state index >= 15 is 0 Å². The van der Waals surface area contributed by atoms with E-state index in [4.69, 9.17) is 0 Å². The fraction of sp³-hybridized carbons (Fsp3) is 0.375. The topological polar surface area (TPSA) is 70.4 Å². The monoisotopic (exact) mass is 302 g/mol. The van der Waals surface area contributed by atoms with Gasteiger partial charge in [-0.3, -0.25) is 4.68 Å². The number of nitrogens with one attached hydrogen (secondary N) is 1. The molecule has 6 heteroatoms. The summed E-state index contributed by atoms with van der Waals surface area (Å²) in [4.78, 5) is 13.7. The molecule has 0 bridgehead atoms. The molecule has 0 unspecified atom stereocenters. The third-order valence-electron chi connectivity index (χ3n) is 3.09. The minimum absolute atomic E-state index is 0.236. The quantitative estimate of drug-likeness (QED) is 0.910. The molecule has 2 aromatic rings. The minimum Gasteiger partial charge on any atom is -0.389 e. The predicted octanol–water partition coefficient (Wildman–Crippen LogP) is 2.32. The lowest BCUT2D eigenvalue weighted by Crippen LogP contribution is -2.41. The van der Waals surface area contributed by atoms with E-state index in [2.05, 4.69) is 10.4 Å².